The number of aromatic nitrogens is 3. The predicted molar refractivity (Wildman–Crippen MR) is 90.4 cm³/mol. The number of hydrogen-bond donors (Lipinski definition) is 1. The van der Waals surface area contributed by atoms with Gasteiger partial charge in [0.1, 0.15) is 0 Å². The van der Waals surface area contributed by atoms with Crippen LogP contribution in [0.1, 0.15) is 30.9 Å². The van der Waals surface area contributed by atoms with Crippen LogP contribution >= 0.6 is 11.6 Å². The highest BCUT2D eigenvalue weighted by atomic mass is 35.5. The van der Waals surface area contributed by atoms with Crippen LogP contribution in [-0.2, 0) is 11.3 Å². The summed E-state index contributed by atoms with van der Waals surface area (Å²) in [7, 11) is 0. The third-order valence-electron chi connectivity index (χ3n) is 4.41. The van der Waals surface area contributed by atoms with E-state index in [9.17, 15) is 9.90 Å². The lowest BCUT2D eigenvalue weighted by molar-refractivity contribution is -0.135. The van der Waals surface area contributed by atoms with Gasteiger partial charge in [0.05, 0.1) is 18.7 Å². The van der Waals surface area contributed by atoms with E-state index in [0.29, 0.717) is 23.0 Å². The van der Waals surface area contributed by atoms with Crippen LogP contribution in [0.15, 0.2) is 36.7 Å². The molecule has 2 heterocycles. The van der Waals surface area contributed by atoms with Crippen molar-refractivity contribution in [3.8, 4) is 0 Å². The molecule has 0 aliphatic carbocycles. The van der Waals surface area contributed by atoms with Gasteiger partial charge >= 0.3 is 0 Å². The molecule has 1 amide bonds. The Morgan fingerprint density at radius 2 is 2.17 bits per heavy atom. The quantitative estimate of drug-likeness (QED) is 0.900. The lowest BCUT2D eigenvalue weighted by Gasteiger charge is -2.33. The van der Waals surface area contributed by atoms with E-state index in [1.165, 1.54) is 0 Å². The topological polar surface area (TPSA) is 71.2 Å². The van der Waals surface area contributed by atoms with Crippen molar-refractivity contribution < 1.29 is 9.90 Å². The second-order valence-electron chi connectivity index (χ2n) is 6.24. The molecule has 0 spiro atoms. The molecular formula is C17H21ClN4O2. The van der Waals surface area contributed by atoms with Gasteiger partial charge in [-0.3, -0.25) is 9.48 Å². The number of hydrogen-bond acceptors (Lipinski definition) is 4. The van der Waals surface area contributed by atoms with Crippen LogP contribution in [0.3, 0.4) is 0 Å². The van der Waals surface area contributed by atoms with E-state index in [-0.39, 0.29) is 12.3 Å². The van der Waals surface area contributed by atoms with Crippen LogP contribution in [0.25, 0.3) is 0 Å². The number of piperidine rings is 1. The zero-order valence-corrected chi connectivity index (χ0v) is 14.1. The first-order valence-electron chi connectivity index (χ1n) is 8.17. The molecule has 1 aromatic carbocycles. The van der Waals surface area contributed by atoms with Crippen molar-refractivity contribution in [2.24, 2.45) is 5.92 Å². The maximum atomic E-state index is 12.5. The number of carbonyl (C=O) groups excluding carboxylic acids is 1. The van der Waals surface area contributed by atoms with Gasteiger partial charge in [-0.25, -0.2) is 0 Å². The fourth-order valence-corrected chi connectivity index (χ4v) is 3.26. The zero-order valence-electron chi connectivity index (χ0n) is 13.4. The molecule has 6 nitrogen and oxygen atoms in total. The van der Waals surface area contributed by atoms with E-state index in [2.05, 4.69) is 10.3 Å². The molecule has 0 bridgehead atoms. The van der Waals surface area contributed by atoms with Crippen molar-refractivity contribution in [3.63, 3.8) is 0 Å². The minimum Gasteiger partial charge on any atom is -0.388 e. The molecule has 0 radical (unpaired) electrons. The molecule has 3 rings (SSSR count). The fourth-order valence-electron chi connectivity index (χ4n) is 3.13. The second kappa shape index (κ2) is 7.77. The fraction of sp³-hybridized carbons (Fsp3) is 0.471. The minimum absolute atomic E-state index is 0.0132. The van der Waals surface area contributed by atoms with E-state index in [0.717, 1.165) is 25.9 Å². The van der Waals surface area contributed by atoms with Gasteiger partial charge in [0, 0.05) is 30.9 Å². The molecule has 24 heavy (non-hydrogen) atoms. The first kappa shape index (κ1) is 16.9. The molecule has 2 aromatic rings. The second-order valence-corrected chi connectivity index (χ2v) is 6.68. The van der Waals surface area contributed by atoms with Crippen LogP contribution in [0.4, 0.5) is 0 Å². The number of carbonyl (C=O) groups is 1. The van der Waals surface area contributed by atoms with Crippen LogP contribution in [-0.4, -0.2) is 44.0 Å². The van der Waals surface area contributed by atoms with Gasteiger partial charge in [0.25, 0.3) is 0 Å². The summed E-state index contributed by atoms with van der Waals surface area (Å²) in [5, 5.41) is 18.7. The van der Waals surface area contributed by atoms with Gasteiger partial charge in [-0.2, -0.15) is 0 Å². The Morgan fingerprint density at radius 3 is 2.88 bits per heavy atom. The average Bonchev–Trinajstić information content (AvgIpc) is 3.08. The van der Waals surface area contributed by atoms with Crippen molar-refractivity contribution >= 4 is 17.5 Å². The lowest BCUT2D eigenvalue weighted by atomic mass is 9.97. The predicted octanol–water partition coefficient (Wildman–Crippen LogP) is 2.29. The Labute approximate surface area is 146 Å². The van der Waals surface area contributed by atoms with Gasteiger partial charge in [-0.1, -0.05) is 28.9 Å². The van der Waals surface area contributed by atoms with Crippen molar-refractivity contribution in [2.75, 3.05) is 13.1 Å². The molecule has 1 fully saturated rings. The molecule has 128 valence electrons. The number of aliphatic hydroxyl groups excluding tert-OH is 1. The molecular weight excluding hydrogens is 328 g/mol. The molecule has 1 aliphatic heterocycles. The molecule has 1 aliphatic rings. The Kier molecular flexibility index (Phi) is 5.48. The van der Waals surface area contributed by atoms with E-state index in [4.69, 9.17) is 11.6 Å². The monoisotopic (exact) mass is 348 g/mol. The number of likely N-dealkylation sites (tertiary alicyclic amines) is 1. The first-order valence-corrected chi connectivity index (χ1v) is 8.55. The molecule has 1 N–H and O–H groups in total. The number of rotatable bonds is 5. The van der Waals surface area contributed by atoms with Crippen molar-refractivity contribution in [1.29, 1.82) is 0 Å². The van der Waals surface area contributed by atoms with Crippen molar-refractivity contribution in [2.45, 2.75) is 31.9 Å². The Bertz CT molecular complexity index is 660. The summed E-state index contributed by atoms with van der Waals surface area (Å²) in [4.78, 5) is 14.4. The summed E-state index contributed by atoms with van der Waals surface area (Å²) in [5.74, 6) is 0.359. The summed E-state index contributed by atoms with van der Waals surface area (Å²) in [6, 6.07) is 6.95. The number of benzene rings is 1. The van der Waals surface area contributed by atoms with Gasteiger partial charge in [-0.05, 0) is 36.5 Å². The van der Waals surface area contributed by atoms with Crippen molar-refractivity contribution in [1.82, 2.24) is 19.9 Å². The Morgan fingerprint density at radius 1 is 1.38 bits per heavy atom. The Hall–Kier alpha value is -1.92. The van der Waals surface area contributed by atoms with E-state index >= 15 is 0 Å². The normalized spacial score (nSPS) is 19.2. The highest BCUT2D eigenvalue weighted by Crippen LogP contribution is 2.23. The van der Waals surface area contributed by atoms with Crippen LogP contribution < -0.4 is 0 Å². The summed E-state index contributed by atoms with van der Waals surface area (Å²) < 4.78 is 1.81. The first-order chi connectivity index (χ1) is 11.6. The number of aliphatic hydroxyl groups is 1. The zero-order chi connectivity index (χ0) is 16.9. The smallest absolute Gasteiger partial charge is 0.225 e. The third kappa shape index (κ3) is 4.33. The molecule has 2 atom stereocenters. The highest BCUT2D eigenvalue weighted by molar-refractivity contribution is 6.30. The van der Waals surface area contributed by atoms with Crippen LogP contribution in [0.2, 0.25) is 5.02 Å². The third-order valence-corrected chi connectivity index (χ3v) is 4.66. The van der Waals surface area contributed by atoms with Gasteiger partial charge in [-0.15, -0.1) is 5.10 Å². The molecule has 0 saturated carbocycles. The summed E-state index contributed by atoms with van der Waals surface area (Å²) in [6.45, 7) is 2.22. The molecule has 1 saturated heterocycles. The van der Waals surface area contributed by atoms with E-state index in [1.807, 2.05) is 11.1 Å². The van der Waals surface area contributed by atoms with E-state index < -0.39 is 6.10 Å². The maximum Gasteiger partial charge on any atom is 0.225 e. The molecule has 2 unspecified atom stereocenters. The minimum atomic E-state index is -0.801. The summed E-state index contributed by atoms with van der Waals surface area (Å²) in [5.41, 5.74) is 0.712. The molecule has 7 heteroatoms. The van der Waals surface area contributed by atoms with Crippen molar-refractivity contribution in [3.05, 3.63) is 47.2 Å². The highest BCUT2D eigenvalue weighted by Gasteiger charge is 2.25. The Balaban J connectivity index is 1.55. The van der Waals surface area contributed by atoms with Crippen LogP contribution in [0.5, 0.6) is 0 Å². The van der Waals surface area contributed by atoms with E-state index in [1.54, 1.807) is 35.1 Å². The SMILES string of the molecule is O=C(CC(O)c1ccc(Cl)cc1)N1CCCC(Cn2ccnn2)C1. The largest absolute Gasteiger partial charge is 0.388 e. The van der Waals surface area contributed by atoms with Gasteiger partial charge in [0.2, 0.25) is 5.91 Å². The standard InChI is InChI=1S/C17H21ClN4O2/c18-15-5-3-14(4-6-15)16(23)10-17(24)21-8-1-2-13(11-21)12-22-9-7-19-20-22/h3-7,9,13,16,23H,1-2,8,10-12H2. The summed E-state index contributed by atoms with van der Waals surface area (Å²) >= 11 is 5.85. The number of halogens is 1. The number of nitrogens with zero attached hydrogens (tertiary/aromatic N) is 4. The van der Waals surface area contributed by atoms with Crippen LogP contribution in [0, 0.1) is 5.92 Å². The molecule has 1 aromatic heterocycles. The average molecular weight is 349 g/mol. The lowest BCUT2D eigenvalue weighted by Crippen LogP contribution is -2.41. The summed E-state index contributed by atoms with van der Waals surface area (Å²) in [6.07, 6.45) is 4.84. The maximum absolute atomic E-state index is 12.5. The number of amides is 1. The van der Waals surface area contributed by atoms with Gasteiger partial charge in [0.15, 0.2) is 0 Å². The van der Waals surface area contributed by atoms with Gasteiger partial charge < -0.3 is 10.0 Å².